The number of hydrogen-bond donors (Lipinski definition) is 0. The van der Waals surface area contributed by atoms with E-state index in [9.17, 15) is 9.59 Å². The topological polar surface area (TPSA) is 96.1 Å². The van der Waals surface area contributed by atoms with Gasteiger partial charge in [0.25, 0.3) is 0 Å². The molecule has 2 unspecified atom stereocenters. The molecule has 0 N–H and O–H groups in total. The van der Waals surface area contributed by atoms with Crippen LogP contribution in [0.4, 0.5) is 0 Å². The Morgan fingerprint density at radius 1 is 0.617 bits per heavy atom. The Balaban J connectivity index is 0.918. The van der Waals surface area contributed by atoms with Gasteiger partial charge in [0, 0.05) is 18.3 Å². The molecule has 2 saturated heterocycles. The van der Waals surface area contributed by atoms with Crippen LogP contribution in [0, 0.1) is 0 Å². The maximum absolute atomic E-state index is 12.8. The Hall–Kier alpha value is -4.66. The van der Waals surface area contributed by atoms with Gasteiger partial charge in [-0.15, -0.1) is 0 Å². The monoisotopic (exact) mass is 634 g/mol. The summed E-state index contributed by atoms with van der Waals surface area (Å²) in [5.74, 6) is 2.05. The first-order valence-corrected chi connectivity index (χ1v) is 16.2. The van der Waals surface area contributed by atoms with Crippen molar-refractivity contribution in [2.75, 3.05) is 26.4 Å². The number of carbonyl (C=O) groups is 2. The maximum atomic E-state index is 12.8. The van der Waals surface area contributed by atoms with Crippen molar-refractivity contribution < 1.29 is 38.0 Å². The molecule has 2 heterocycles. The van der Waals surface area contributed by atoms with Crippen LogP contribution in [0.25, 0.3) is 11.1 Å². The molecule has 0 spiro atoms. The molecule has 2 atom stereocenters. The molecule has 2 fully saturated rings. The fraction of sp³-hybridized carbons (Fsp3) is 0.333. The van der Waals surface area contributed by atoms with E-state index in [-0.39, 0.29) is 42.4 Å². The van der Waals surface area contributed by atoms with Crippen LogP contribution in [0.2, 0.25) is 0 Å². The number of rotatable bonds is 14. The lowest BCUT2D eigenvalue weighted by atomic mass is 9.82. The first-order chi connectivity index (χ1) is 22.8. The molecule has 0 saturated carbocycles. The molecule has 3 aliphatic rings. The van der Waals surface area contributed by atoms with Crippen LogP contribution >= 0.6 is 0 Å². The van der Waals surface area contributed by atoms with E-state index in [4.69, 9.17) is 28.4 Å². The molecular formula is C39H38O8. The Morgan fingerprint density at radius 3 is 1.38 bits per heavy atom. The van der Waals surface area contributed by atoms with Gasteiger partial charge in [-0.3, -0.25) is 9.59 Å². The van der Waals surface area contributed by atoms with Crippen LogP contribution in [0.1, 0.15) is 48.9 Å². The Kier molecular flexibility index (Phi) is 8.71. The highest BCUT2D eigenvalue weighted by molar-refractivity contribution is 5.83. The molecular weight excluding hydrogens is 596 g/mol. The van der Waals surface area contributed by atoms with Crippen molar-refractivity contribution in [3.63, 3.8) is 0 Å². The first kappa shape index (κ1) is 31.0. The number of carbonyl (C=O) groups excluding carboxylic acids is 2. The van der Waals surface area contributed by atoms with Gasteiger partial charge in [-0.05, 0) is 94.8 Å². The summed E-state index contributed by atoms with van der Waals surface area (Å²) in [6.07, 6.45) is 2.11. The van der Waals surface area contributed by atoms with Gasteiger partial charge in [-0.1, -0.05) is 50.2 Å². The molecule has 7 rings (SSSR count). The number of esters is 2. The van der Waals surface area contributed by atoms with Gasteiger partial charge >= 0.3 is 11.9 Å². The van der Waals surface area contributed by atoms with Crippen molar-refractivity contribution >= 4 is 11.9 Å². The van der Waals surface area contributed by atoms with E-state index >= 15 is 0 Å². The zero-order chi connectivity index (χ0) is 32.4. The second-order valence-electron chi connectivity index (χ2n) is 12.8. The standard InChI is InChI=1S/C39H38O8/c1-39(2)35-19-29(46-37(40)17-7-25-3-9-27(10-4-25)42-21-31-23-44-31)13-15-33(35)34-16-14-30(20-36(34)39)47-38(41)18-8-26-5-11-28(12-6-26)43-22-32-24-45-32/h3-6,9-16,19-20,31-32H,7-8,17-18,21-24H2,1-2H3. The lowest BCUT2D eigenvalue weighted by Crippen LogP contribution is -2.16. The van der Waals surface area contributed by atoms with Crippen molar-refractivity contribution in [3.05, 3.63) is 107 Å². The zero-order valence-electron chi connectivity index (χ0n) is 26.7. The molecule has 4 aromatic carbocycles. The number of aryl methyl sites for hydroxylation is 2. The predicted octanol–water partition coefficient (Wildman–Crippen LogP) is 6.62. The number of benzene rings is 4. The first-order valence-electron chi connectivity index (χ1n) is 16.2. The van der Waals surface area contributed by atoms with E-state index in [1.165, 1.54) is 0 Å². The molecule has 2 aliphatic heterocycles. The van der Waals surface area contributed by atoms with Crippen LogP contribution in [0.3, 0.4) is 0 Å². The molecule has 242 valence electrons. The summed E-state index contributed by atoms with van der Waals surface area (Å²) in [5, 5.41) is 0. The van der Waals surface area contributed by atoms with Gasteiger partial charge in [-0.2, -0.15) is 0 Å². The minimum atomic E-state index is -0.375. The van der Waals surface area contributed by atoms with Gasteiger partial charge < -0.3 is 28.4 Å². The van der Waals surface area contributed by atoms with E-state index in [0.29, 0.717) is 37.6 Å². The molecule has 0 bridgehead atoms. The Bertz CT molecular complexity index is 1620. The third-order valence-corrected chi connectivity index (χ3v) is 8.84. The highest BCUT2D eigenvalue weighted by atomic mass is 16.6. The van der Waals surface area contributed by atoms with Crippen molar-refractivity contribution in [1.29, 1.82) is 0 Å². The minimum Gasteiger partial charge on any atom is -0.491 e. The average Bonchev–Trinajstić information content (AvgIpc) is 4.02. The number of epoxide rings is 2. The van der Waals surface area contributed by atoms with Crippen LogP contribution in [-0.4, -0.2) is 50.6 Å². The Labute approximate surface area is 274 Å². The minimum absolute atomic E-state index is 0.213. The van der Waals surface area contributed by atoms with Gasteiger partial charge in [0.05, 0.1) is 13.2 Å². The Morgan fingerprint density at radius 2 is 1.00 bits per heavy atom. The molecule has 0 amide bonds. The summed E-state index contributed by atoms with van der Waals surface area (Å²) < 4.78 is 33.2. The molecule has 0 radical (unpaired) electrons. The second-order valence-corrected chi connectivity index (χ2v) is 12.8. The van der Waals surface area contributed by atoms with Gasteiger partial charge in [0.1, 0.15) is 48.4 Å². The third kappa shape index (κ3) is 7.67. The van der Waals surface area contributed by atoms with Crippen molar-refractivity contribution in [2.24, 2.45) is 0 Å². The summed E-state index contributed by atoms with van der Waals surface area (Å²) in [7, 11) is 0. The molecule has 0 aromatic heterocycles. The SMILES string of the molecule is CC1(C)c2cc(OC(=O)CCc3ccc(OCC4CO4)cc3)ccc2-c2ccc(OC(=O)CCc3ccc(OCC4CO4)cc3)cc21. The molecule has 4 aromatic rings. The molecule has 1 aliphatic carbocycles. The van der Waals surface area contributed by atoms with Crippen molar-refractivity contribution in [3.8, 4) is 34.1 Å². The van der Waals surface area contributed by atoms with Gasteiger partial charge in [0.2, 0.25) is 0 Å². The molecule has 47 heavy (non-hydrogen) atoms. The lowest BCUT2D eigenvalue weighted by Gasteiger charge is -2.22. The van der Waals surface area contributed by atoms with Gasteiger partial charge in [-0.25, -0.2) is 0 Å². The summed E-state index contributed by atoms with van der Waals surface area (Å²) in [6, 6.07) is 27.1. The molecule has 8 heteroatoms. The van der Waals surface area contributed by atoms with E-state index < -0.39 is 0 Å². The van der Waals surface area contributed by atoms with E-state index in [1.807, 2.05) is 84.9 Å². The van der Waals surface area contributed by atoms with Crippen LogP contribution < -0.4 is 18.9 Å². The summed E-state index contributed by atoms with van der Waals surface area (Å²) in [4.78, 5) is 25.5. The second kappa shape index (κ2) is 13.2. The highest BCUT2D eigenvalue weighted by Gasteiger charge is 2.36. The highest BCUT2D eigenvalue weighted by Crippen LogP contribution is 2.50. The van der Waals surface area contributed by atoms with Crippen LogP contribution in [0.5, 0.6) is 23.0 Å². The maximum Gasteiger partial charge on any atom is 0.311 e. The average molecular weight is 635 g/mol. The predicted molar refractivity (Wildman–Crippen MR) is 175 cm³/mol. The number of fused-ring (bicyclic) bond motifs is 3. The number of hydrogen-bond acceptors (Lipinski definition) is 8. The lowest BCUT2D eigenvalue weighted by molar-refractivity contribution is -0.135. The zero-order valence-corrected chi connectivity index (χ0v) is 26.7. The summed E-state index contributed by atoms with van der Waals surface area (Å²) >= 11 is 0. The summed E-state index contributed by atoms with van der Waals surface area (Å²) in [5.41, 5.74) is 5.99. The van der Waals surface area contributed by atoms with Crippen molar-refractivity contribution in [1.82, 2.24) is 0 Å². The van der Waals surface area contributed by atoms with E-state index in [1.54, 1.807) is 0 Å². The van der Waals surface area contributed by atoms with Crippen molar-refractivity contribution in [2.45, 2.75) is 57.2 Å². The third-order valence-electron chi connectivity index (χ3n) is 8.84. The van der Waals surface area contributed by atoms with Crippen LogP contribution in [0.15, 0.2) is 84.9 Å². The normalized spacial score (nSPS) is 18.1. The van der Waals surface area contributed by atoms with E-state index in [2.05, 4.69) is 13.8 Å². The summed E-state index contributed by atoms with van der Waals surface area (Å²) in [6.45, 7) is 6.91. The fourth-order valence-corrected chi connectivity index (χ4v) is 5.89. The van der Waals surface area contributed by atoms with E-state index in [0.717, 1.165) is 58.1 Å². The smallest absolute Gasteiger partial charge is 0.311 e. The van der Waals surface area contributed by atoms with Gasteiger partial charge in [0.15, 0.2) is 0 Å². The van der Waals surface area contributed by atoms with Crippen LogP contribution in [-0.2, 0) is 37.3 Å². The number of ether oxygens (including phenoxy) is 6. The fourth-order valence-electron chi connectivity index (χ4n) is 5.89. The largest absolute Gasteiger partial charge is 0.491 e. The molecule has 8 nitrogen and oxygen atoms in total. The quantitative estimate of drug-likeness (QED) is 0.0867.